The molecule has 4 heteroatoms. The summed E-state index contributed by atoms with van der Waals surface area (Å²) in [7, 11) is 1.37. The predicted molar refractivity (Wildman–Crippen MR) is 66.9 cm³/mol. The van der Waals surface area contributed by atoms with E-state index in [-0.39, 0.29) is 5.97 Å². The van der Waals surface area contributed by atoms with Crippen LogP contribution in [0.2, 0.25) is 0 Å². The minimum absolute atomic E-state index is 0.306. The van der Waals surface area contributed by atoms with E-state index in [0.29, 0.717) is 0 Å². The maximum atomic E-state index is 11.6. The van der Waals surface area contributed by atoms with Gasteiger partial charge < -0.3 is 10.5 Å². The standard InChI is InChI=1S/C12H16BrNO2/c1-12(2,11(15)16-3)10(14)8-5-4-6-9(13)7-8/h4-7,10H,14H2,1-3H3. The molecule has 0 aliphatic carbocycles. The van der Waals surface area contributed by atoms with E-state index < -0.39 is 11.5 Å². The summed E-state index contributed by atoms with van der Waals surface area (Å²) in [6, 6.07) is 7.24. The Labute approximate surface area is 104 Å². The summed E-state index contributed by atoms with van der Waals surface area (Å²) in [5, 5.41) is 0. The lowest BCUT2D eigenvalue weighted by Gasteiger charge is -2.29. The first kappa shape index (κ1) is 13.2. The Balaban J connectivity index is 3.01. The lowest BCUT2D eigenvalue weighted by molar-refractivity contribution is -0.152. The number of halogens is 1. The second-order valence-electron chi connectivity index (χ2n) is 4.25. The molecular formula is C12H16BrNO2. The molecule has 1 aromatic rings. The first-order valence-electron chi connectivity index (χ1n) is 4.99. The van der Waals surface area contributed by atoms with Crippen molar-refractivity contribution in [1.29, 1.82) is 0 Å². The van der Waals surface area contributed by atoms with E-state index in [0.717, 1.165) is 10.0 Å². The van der Waals surface area contributed by atoms with Crippen molar-refractivity contribution in [3.8, 4) is 0 Å². The van der Waals surface area contributed by atoms with Crippen molar-refractivity contribution in [2.45, 2.75) is 19.9 Å². The number of hydrogen-bond acceptors (Lipinski definition) is 3. The molecule has 1 rings (SSSR count). The van der Waals surface area contributed by atoms with Crippen LogP contribution in [0.1, 0.15) is 25.5 Å². The van der Waals surface area contributed by atoms with Crippen molar-refractivity contribution in [2.75, 3.05) is 7.11 Å². The lowest BCUT2D eigenvalue weighted by Crippen LogP contribution is -2.37. The average molecular weight is 286 g/mol. The van der Waals surface area contributed by atoms with Gasteiger partial charge in [0, 0.05) is 10.5 Å². The Morgan fingerprint density at radius 2 is 2.12 bits per heavy atom. The number of methoxy groups -OCH3 is 1. The van der Waals surface area contributed by atoms with E-state index in [1.54, 1.807) is 13.8 Å². The molecule has 1 aromatic carbocycles. The van der Waals surface area contributed by atoms with Gasteiger partial charge >= 0.3 is 5.97 Å². The molecule has 0 radical (unpaired) electrons. The maximum Gasteiger partial charge on any atom is 0.313 e. The van der Waals surface area contributed by atoms with Gasteiger partial charge in [0.1, 0.15) is 0 Å². The molecule has 0 spiro atoms. The van der Waals surface area contributed by atoms with Crippen LogP contribution in [0.15, 0.2) is 28.7 Å². The largest absolute Gasteiger partial charge is 0.469 e. The van der Waals surface area contributed by atoms with Crippen molar-refractivity contribution in [3.05, 3.63) is 34.3 Å². The van der Waals surface area contributed by atoms with Gasteiger partial charge in [-0.15, -0.1) is 0 Å². The number of rotatable bonds is 3. The third kappa shape index (κ3) is 2.62. The smallest absolute Gasteiger partial charge is 0.313 e. The fourth-order valence-electron chi connectivity index (χ4n) is 1.51. The molecule has 1 unspecified atom stereocenters. The fraction of sp³-hybridized carbons (Fsp3) is 0.417. The van der Waals surface area contributed by atoms with Crippen LogP contribution in [0.25, 0.3) is 0 Å². The van der Waals surface area contributed by atoms with Gasteiger partial charge in [-0.3, -0.25) is 4.79 Å². The Morgan fingerprint density at radius 1 is 1.50 bits per heavy atom. The Bertz CT molecular complexity index is 390. The summed E-state index contributed by atoms with van der Waals surface area (Å²) >= 11 is 3.38. The van der Waals surface area contributed by atoms with Gasteiger partial charge in [0.05, 0.1) is 12.5 Å². The monoisotopic (exact) mass is 285 g/mol. The molecule has 88 valence electrons. The van der Waals surface area contributed by atoms with Crippen LogP contribution in [-0.2, 0) is 9.53 Å². The van der Waals surface area contributed by atoms with Crippen LogP contribution in [0.3, 0.4) is 0 Å². The number of carbonyl (C=O) groups is 1. The third-order valence-corrected chi connectivity index (χ3v) is 3.19. The van der Waals surface area contributed by atoms with Crippen molar-refractivity contribution >= 4 is 21.9 Å². The fourth-order valence-corrected chi connectivity index (χ4v) is 1.92. The normalized spacial score (nSPS) is 13.3. The number of carbonyl (C=O) groups excluding carboxylic acids is 1. The second-order valence-corrected chi connectivity index (χ2v) is 5.16. The van der Waals surface area contributed by atoms with Crippen molar-refractivity contribution in [1.82, 2.24) is 0 Å². The van der Waals surface area contributed by atoms with E-state index >= 15 is 0 Å². The molecule has 0 saturated carbocycles. The Hall–Kier alpha value is -0.870. The van der Waals surface area contributed by atoms with Gasteiger partial charge in [0.15, 0.2) is 0 Å². The summed E-state index contributed by atoms with van der Waals surface area (Å²) in [4.78, 5) is 11.6. The Kier molecular flexibility index (Phi) is 4.10. The molecule has 0 fully saturated rings. The summed E-state index contributed by atoms with van der Waals surface area (Å²) in [6.07, 6.45) is 0. The molecule has 2 N–H and O–H groups in total. The van der Waals surface area contributed by atoms with Crippen LogP contribution in [0.4, 0.5) is 0 Å². The van der Waals surface area contributed by atoms with Gasteiger partial charge in [0.25, 0.3) is 0 Å². The van der Waals surface area contributed by atoms with E-state index in [2.05, 4.69) is 15.9 Å². The first-order chi connectivity index (χ1) is 7.39. The van der Waals surface area contributed by atoms with Gasteiger partial charge in [-0.2, -0.15) is 0 Å². The van der Waals surface area contributed by atoms with Gasteiger partial charge in [0.2, 0.25) is 0 Å². The van der Waals surface area contributed by atoms with E-state index in [1.165, 1.54) is 7.11 Å². The molecule has 0 aromatic heterocycles. The molecule has 0 amide bonds. The lowest BCUT2D eigenvalue weighted by atomic mass is 9.81. The number of ether oxygens (including phenoxy) is 1. The average Bonchev–Trinajstić information content (AvgIpc) is 2.26. The van der Waals surface area contributed by atoms with E-state index in [9.17, 15) is 4.79 Å². The van der Waals surface area contributed by atoms with Crippen molar-refractivity contribution in [2.24, 2.45) is 11.1 Å². The van der Waals surface area contributed by atoms with Crippen LogP contribution < -0.4 is 5.73 Å². The molecule has 0 heterocycles. The predicted octanol–water partition coefficient (Wildman–Crippen LogP) is 2.65. The van der Waals surface area contributed by atoms with E-state index in [1.807, 2.05) is 24.3 Å². The molecule has 3 nitrogen and oxygen atoms in total. The minimum Gasteiger partial charge on any atom is -0.469 e. The summed E-state index contributed by atoms with van der Waals surface area (Å²) in [5.41, 5.74) is 6.26. The zero-order chi connectivity index (χ0) is 12.3. The molecule has 0 aliphatic heterocycles. The van der Waals surface area contributed by atoms with Crippen molar-refractivity contribution < 1.29 is 9.53 Å². The quantitative estimate of drug-likeness (QED) is 0.869. The van der Waals surface area contributed by atoms with Gasteiger partial charge in [-0.25, -0.2) is 0 Å². The van der Waals surface area contributed by atoms with Gasteiger partial charge in [-0.05, 0) is 31.5 Å². The highest BCUT2D eigenvalue weighted by atomic mass is 79.9. The molecule has 0 saturated heterocycles. The molecule has 16 heavy (non-hydrogen) atoms. The number of esters is 1. The highest BCUT2D eigenvalue weighted by Crippen LogP contribution is 2.33. The number of benzene rings is 1. The van der Waals surface area contributed by atoms with Gasteiger partial charge in [-0.1, -0.05) is 28.1 Å². The summed E-state index contributed by atoms with van der Waals surface area (Å²) in [5.74, 6) is -0.306. The van der Waals surface area contributed by atoms with E-state index in [4.69, 9.17) is 10.5 Å². The zero-order valence-corrected chi connectivity index (χ0v) is 11.2. The minimum atomic E-state index is -0.741. The van der Waals surface area contributed by atoms with Crippen LogP contribution in [0.5, 0.6) is 0 Å². The molecule has 0 aliphatic rings. The summed E-state index contributed by atoms with van der Waals surface area (Å²) < 4.78 is 5.70. The molecule has 0 bridgehead atoms. The highest BCUT2D eigenvalue weighted by Gasteiger charge is 2.36. The van der Waals surface area contributed by atoms with Crippen LogP contribution >= 0.6 is 15.9 Å². The highest BCUT2D eigenvalue weighted by molar-refractivity contribution is 9.10. The molecular weight excluding hydrogens is 270 g/mol. The Morgan fingerprint density at radius 3 is 2.62 bits per heavy atom. The maximum absolute atomic E-state index is 11.6. The SMILES string of the molecule is COC(=O)C(C)(C)C(N)c1cccc(Br)c1. The van der Waals surface area contributed by atoms with Crippen LogP contribution in [-0.4, -0.2) is 13.1 Å². The van der Waals surface area contributed by atoms with Crippen LogP contribution in [0, 0.1) is 5.41 Å². The summed E-state index contributed by atoms with van der Waals surface area (Å²) in [6.45, 7) is 3.56. The number of nitrogens with two attached hydrogens (primary N) is 1. The topological polar surface area (TPSA) is 52.3 Å². The molecule has 1 atom stereocenters. The number of hydrogen-bond donors (Lipinski definition) is 1. The zero-order valence-electron chi connectivity index (χ0n) is 9.66. The first-order valence-corrected chi connectivity index (χ1v) is 5.78. The third-order valence-electron chi connectivity index (χ3n) is 2.70. The van der Waals surface area contributed by atoms with Crippen molar-refractivity contribution in [3.63, 3.8) is 0 Å². The second kappa shape index (κ2) is 4.97.